The van der Waals surface area contributed by atoms with Crippen LogP contribution >= 0.6 is 22.6 Å². The number of ether oxygens (including phenoxy) is 1. The molecule has 0 aliphatic heterocycles. The number of Topliss-reactive ketones (excluding diaryl/α,β-unsaturated/α-hetero) is 1. The molecule has 1 unspecified atom stereocenters. The first-order valence-corrected chi connectivity index (χ1v) is 7.54. The van der Waals surface area contributed by atoms with Crippen LogP contribution in [0.3, 0.4) is 0 Å². The third-order valence-corrected chi connectivity index (χ3v) is 4.65. The number of aliphatic imine (C=N–C) groups is 1. The maximum Gasteiger partial charge on any atom is 0.151 e. The van der Waals surface area contributed by atoms with Crippen LogP contribution in [0.2, 0.25) is 0 Å². The molecular weight excluding hydrogens is 353 g/mol. The summed E-state index contributed by atoms with van der Waals surface area (Å²) in [6.07, 6.45) is 1.51. The molecule has 0 radical (unpaired) electrons. The molecule has 0 saturated heterocycles. The molecule has 0 amide bonds. The Morgan fingerprint density at radius 1 is 1.26 bits per heavy atom. The Balaban J connectivity index is 2.27. The molecule has 2 rings (SSSR count). The summed E-state index contributed by atoms with van der Waals surface area (Å²) in [5.74, 6) is 1.10. The van der Waals surface area contributed by atoms with E-state index in [1.807, 2.05) is 24.3 Å². The predicted molar refractivity (Wildman–Crippen MR) is 85.9 cm³/mol. The lowest BCUT2D eigenvalue weighted by molar-refractivity contribution is -0.119. The fraction of sp³-hybridized carbons (Fsp3) is 0.467. The van der Waals surface area contributed by atoms with E-state index in [1.165, 1.54) is 0 Å². The minimum atomic E-state index is -0.0901. The first-order chi connectivity index (χ1) is 8.91. The van der Waals surface area contributed by atoms with E-state index < -0.39 is 0 Å². The van der Waals surface area contributed by atoms with Crippen LogP contribution in [0.1, 0.15) is 26.7 Å². The highest BCUT2D eigenvalue weighted by Crippen LogP contribution is 2.35. The average Bonchev–Trinajstić information content (AvgIpc) is 2.35. The molecular formula is C15H18INO2. The SMILES string of the molecule is COc1ccc(N=C2CC(C)(C)CC(=O)C2I)cc1. The van der Waals surface area contributed by atoms with Crippen molar-refractivity contribution in [2.45, 2.75) is 30.6 Å². The number of ketones is 1. The van der Waals surface area contributed by atoms with Gasteiger partial charge in [-0.15, -0.1) is 0 Å². The largest absolute Gasteiger partial charge is 0.497 e. The number of benzene rings is 1. The van der Waals surface area contributed by atoms with Gasteiger partial charge < -0.3 is 4.74 Å². The summed E-state index contributed by atoms with van der Waals surface area (Å²) in [5, 5.41) is 0. The number of rotatable bonds is 2. The monoisotopic (exact) mass is 371 g/mol. The Hall–Kier alpha value is -0.910. The van der Waals surface area contributed by atoms with E-state index in [-0.39, 0.29) is 15.1 Å². The fourth-order valence-electron chi connectivity index (χ4n) is 2.31. The third-order valence-electron chi connectivity index (χ3n) is 3.23. The fourth-order valence-corrected chi connectivity index (χ4v) is 2.89. The zero-order valence-corrected chi connectivity index (χ0v) is 13.6. The van der Waals surface area contributed by atoms with Gasteiger partial charge in [0.15, 0.2) is 5.78 Å². The van der Waals surface area contributed by atoms with E-state index in [0.29, 0.717) is 6.42 Å². The van der Waals surface area contributed by atoms with Crippen LogP contribution in [0.15, 0.2) is 29.3 Å². The van der Waals surface area contributed by atoms with Gasteiger partial charge in [-0.05, 0) is 36.1 Å². The predicted octanol–water partition coefficient (Wildman–Crippen LogP) is 3.96. The lowest BCUT2D eigenvalue weighted by Crippen LogP contribution is -2.38. The summed E-state index contributed by atoms with van der Waals surface area (Å²) in [6.45, 7) is 4.24. The lowest BCUT2D eigenvalue weighted by Gasteiger charge is -2.32. The van der Waals surface area contributed by atoms with Crippen LogP contribution in [0.25, 0.3) is 0 Å². The van der Waals surface area contributed by atoms with Gasteiger partial charge in [-0.25, -0.2) is 0 Å². The number of hydrogen-bond donors (Lipinski definition) is 0. The molecule has 1 fully saturated rings. The van der Waals surface area contributed by atoms with Crippen LogP contribution < -0.4 is 4.74 Å². The van der Waals surface area contributed by atoms with Gasteiger partial charge >= 0.3 is 0 Å². The average molecular weight is 371 g/mol. The Kier molecular flexibility index (Phi) is 4.28. The number of halogens is 1. The summed E-state index contributed by atoms with van der Waals surface area (Å²) < 4.78 is 5.04. The molecule has 0 spiro atoms. The molecule has 3 nitrogen and oxygen atoms in total. The van der Waals surface area contributed by atoms with E-state index in [1.54, 1.807) is 7.11 Å². The van der Waals surface area contributed by atoms with Crippen molar-refractivity contribution < 1.29 is 9.53 Å². The Labute approximate surface area is 127 Å². The van der Waals surface area contributed by atoms with E-state index >= 15 is 0 Å². The van der Waals surface area contributed by atoms with Crippen molar-refractivity contribution in [1.82, 2.24) is 0 Å². The van der Waals surface area contributed by atoms with Crippen molar-refractivity contribution in [3.05, 3.63) is 24.3 Å². The molecule has 1 aliphatic carbocycles. The normalized spacial score (nSPS) is 24.5. The smallest absolute Gasteiger partial charge is 0.151 e. The molecule has 0 heterocycles. The van der Waals surface area contributed by atoms with E-state index in [9.17, 15) is 4.79 Å². The van der Waals surface area contributed by atoms with Crippen LogP contribution in [-0.2, 0) is 4.79 Å². The zero-order chi connectivity index (χ0) is 14.0. The van der Waals surface area contributed by atoms with Gasteiger partial charge in [0.05, 0.1) is 12.8 Å². The Bertz CT molecular complexity index is 505. The van der Waals surface area contributed by atoms with E-state index in [2.05, 4.69) is 41.4 Å². The summed E-state index contributed by atoms with van der Waals surface area (Å²) in [7, 11) is 1.64. The highest BCUT2D eigenvalue weighted by molar-refractivity contribution is 14.1. The van der Waals surface area contributed by atoms with Crippen molar-refractivity contribution in [2.24, 2.45) is 10.4 Å². The third kappa shape index (κ3) is 3.55. The lowest BCUT2D eigenvalue weighted by atomic mass is 9.76. The van der Waals surface area contributed by atoms with Gasteiger partial charge in [-0.1, -0.05) is 36.4 Å². The zero-order valence-electron chi connectivity index (χ0n) is 11.4. The second kappa shape index (κ2) is 5.61. The highest BCUT2D eigenvalue weighted by Gasteiger charge is 2.36. The Morgan fingerprint density at radius 3 is 2.47 bits per heavy atom. The second-order valence-electron chi connectivity index (χ2n) is 5.65. The summed E-state index contributed by atoms with van der Waals surface area (Å²) in [4.78, 5) is 16.7. The molecule has 1 saturated carbocycles. The minimum Gasteiger partial charge on any atom is -0.497 e. The summed E-state index contributed by atoms with van der Waals surface area (Å²) >= 11 is 2.20. The maximum atomic E-state index is 12.0. The number of carbonyl (C=O) groups excluding carboxylic acids is 1. The quantitative estimate of drug-likeness (QED) is 0.583. The summed E-state index contributed by atoms with van der Waals surface area (Å²) in [6, 6.07) is 7.61. The standard InChI is InChI=1S/C15H18INO2/c1-15(2)8-12(14(16)13(18)9-15)17-10-4-6-11(19-3)7-5-10/h4-7,14H,8-9H2,1-3H3. The van der Waals surface area contributed by atoms with Gasteiger partial charge in [0.1, 0.15) is 9.67 Å². The number of methoxy groups -OCH3 is 1. The van der Waals surface area contributed by atoms with Crippen LogP contribution in [0.5, 0.6) is 5.75 Å². The minimum absolute atomic E-state index is 0.0179. The van der Waals surface area contributed by atoms with E-state index in [0.717, 1.165) is 23.6 Å². The molecule has 1 aromatic carbocycles. The Morgan fingerprint density at radius 2 is 1.89 bits per heavy atom. The van der Waals surface area contributed by atoms with Crippen LogP contribution in [0.4, 0.5) is 5.69 Å². The number of nitrogens with zero attached hydrogens (tertiary/aromatic N) is 1. The van der Waals surface area contributed by atoms with Crippen molar-refractivity contribution in [2.75, 3.05) is 7.11 Å². The van der Waals surface area contributed by atoms with Crippen molar-refractivity contribution in [3.63, 3.8) is 0 Å². The topological polar surface area (TPSA) is 38.7 Å². The first kappa shape index (κ1) is 14.5. The maximum absolute atomic E-state index is 12.0. The molecule has 4 heteroatoms. The number of hydrogen-bond acceptors (Lipinski definition) is 3. The van der Waals surface area contributed by atoms with E-state index in [4.69, 9.17) is 4.74 Å². The molecule has 0 N–H and O–H groups in total. The molecule has 1 aliphatic rings. The van der Waals surface area contributed by atoms with Crippen molar-refractivity contribution in [1.29, 1.82) is 0 Å². The molecule has 0 aromatic heterocycles. The van der Waals surface area contributed by atoms with Gasteiger partial charge in [0.2, 0.25) is 0 Å². The number of carbonyl (C=O) groups is 1. The second-order valence-corrected chi connectivity index (χ2v) is 6.89. The molecule has 1 aromatic rings. The first-order valence-electron chi connectivity index (χ1n) is 6.29. The van der Waals surface area contributed by atoms with Gasteiger partial charge in [-0.2, -0.15) is 0 Å². The number of alkyl halides is 1. The van der Waals surface area contributed by atoms with Gasteiger partial charge in [0, 0.05) is 12.1 Å². The van der Waals surface area contributed by atoms with Crippen LogP contribution in [0, 0.1) is 5.41 Å². The molecule has 102 valence electrons. The van der Waals surface area contributed by atoms with Gasteiger partial charge in [-0.3, -0.25) is 9.79 Å². The van der Waals surface area contributed by atoms with Crippen molar-refractivity contribution in [3.8, 4) is 5.75 Å². The van der Waals surface area contributed by atoms with Crippen LogP contribution in [-0.4, -0.2) is 22.5 Å². The summed E-state index contributed by atoms with van der Waals surface area (Å²) in [5.41, 5.74) is 1.87. The van der Waals surface area contributed by atoms with Gasteiger partial charge in [0.25, 0.3) is 0 Å². The molecule has 0 bridgehead atoms. The molecule has 1 atom stereocenters. The highest BCUT2D eigenvalue weighted by atomic mass is 127. The van der Waals surface area contributed by atoms with Crippen molar-refractivity contribution >= 4 is 39.8 Å². The molecule has 19 heavy (non-hydrogen) atoms.